The number of carbonyl (C=O) groups excluding carboxylic acids is 1. The van der Waals surface area contributed by atoms with Crippen molar-refractivity contribution in [1.82, 2.24) is 19.4 Å². The molecule has 158 valence electrons. The van der Waals surface area contributed by atoms with Crippen LogP contribution < -0.4 is 10.5 Å². The van der Waals surface area contributed by atoms with Crippen molar-refractivity contribution in [2.24, 2.45) is 5.73 Å². The van der Waals surface area contributed by atoms with Crippen molar-refractivity contribution in [2.45, 2.75) is 18.8 Å². The molecular formula is C24H22BN5O2. The Bertz CT molecular complexity index is 1250. The smallest absolute Gasteiger partial charge is 0.254 e. The third-order valence-electron chi connectivity index (χ3n) is 5.85. The van der Waals surface area contributed by atoms with Gasteiger partial charge in [-0.15, -0.1) is 0 Å². The molecule has 0 atom stereocenters. The van der Waals surface area contributed by atoms with Crippen molar-refractivity contribution in [2.75, 3.05) is 13.1 Å². The Morgan fingerprint density at radius 1 is 1.00 bits per heavy atom. The van der Waals surface area contributed by atoms with Crippen LogP contribution in [0.25, 0.3) is 16.9 Å². The fourth-order valence-electron chi connectivity index (χ4n) is 4.20. The van der Waals surface area contributed by atoms with E-state index in [2.05, 4.69) is 4.98 Å². The van der Waals surface area contributed by atoms with Gasteiger partial charge in [0, 0.05) is 23.4 Å². The van der Waals surface area contributed by atoms with Gasteiger partial charge in [-0.3, -0.25) is 4.79 Å². The highest BCUT2D eigenvalue weighted by Gasteiger charge is 2.25. The second kappa shape index (κ2) is 8.47. The highest BCUT2D eigenvalue weighted by molar-refractivity contribution is 6.05. The van der Waals surface area contributed by atoms with E-state index in [0.717, 1.165) is 42.9 Å². The van der Waals surface area contributed by atoms with Crippen molar-refractivity contribution in [1.29, 1.82) is 0 Å². The summed E-state index contributed by atoms with van der Waals surface area (Å²) in [7, 11) is 5.92. The molecule has 0 spiro atoms. The molecule has 1 amide bonds. The lowest BCUT2D eigenvalue weighted by molar-refractivity contribution is 0.100. The van der Waals surface area contributed by atoms with E-state index >= 15 is 0 Å². The van der Waals surface area contributed by atoms with E-state index in [1.165, 1.54) is 0 Å². The minimum atomic E-state index is -0.555. The van der Waals surface area contributed by atoms with Gasteiger partial charge in [0.25, 0.3) is 5.91 Å². The van der Waals surface area contributed by atoms with Crippen LogP contribution in [-0.2, 0) is 0 Å². The number of para-hydroxylation sites is 1. The summed E-state index contributed by atoms with van der Waals surface area (Å²) in [5.74, 6) is 1.18. The number of amides is 1. The van der Waals surface area contributed by atoms with Crippen LogP contribution in [0.4, 0.5) is 0 Å². The van der Waals surface area contributed by atoms with Crippen molar-refractivity contribution in [3.05, 3.63) is 78.1 Å². The van der Waals surface area contributed by atoms with E-state index in [0.29, 0.717) is 22.7 Å². The summed E-state index contributed by atoms with van der Waals surface area (Å²) in [5, 5.41) is 4.78. The van der Waals surface area contributed by atoms with Crippen LogP contribution in [0, 0.1) is 0 Å². The lowest BCUT2D eigenvalue weighted by Gasteiger charge is -2.29. The summed E-state index contributed by atoms with van der Waals surface area (Å²) >= 11 is 0. The average molecular weight is 423 g/mol. The predicted octanol–water partition coefficient (Wildman–Crippen LogP) is 3.55. The number of hydrogen-bond acceptors (Lipinski definition) is 5. The first-order valence-corrected chi connectivity index (χ1v) is 10.6. The maximum absolute atomic E-state index is 12.4. The van der Waals surface area contributed by atoms with Gasteiger partial charge >= 0.3 is 0 Å². The molecule has 5 rings (SSSR count). The topological polar surface area (TPSA) is 85.8 Å². The minimum absolute atomic E-state index is 0.287. The summed E-state index contributed by atoms with van der Waals surface area (Å²) in [5.41, 5.74) is 8.86. The number of carbonyl (C=O) groups is 1. The van der Waals surface area contributed by atoms with Crippen LogP contribution in [0.2, 0.25) is 0 Å². The Hall–Kier alpha value is -3.65. The first-order valence-electron chi connectivity index (χ1n) is 10.6. The number of fused-ring (bicyclic) bond motifs is 1. The molecule has 2 aromatic heterocycles. The first-order chi connectivity index (χ1) is 15.6. The van der Waals surface area contributed by atoms with Gasteiger partial charge in [0.2, 0.25) is 0 Å². The maximum atomic E-state index is 12.4. The molecule has 3 heterocycles. The molecule has 8 heteroatoms. The highest BCUT2D eigenvalue weighted by Crippen LogP contribution is 2.32. The molecule has 7 nitrogen and oxygen atoms in total. The zero-order valence-electron chi connectivity index (χ0n) is 17.5. The normalized spacial score (nSPS) is 15.1. The largest absolute Gasteiger partial charge is 0.457 e. The van der Waals surface area contributed by atoms with Gasteiger partial charge in [-0.05, 0) is 68.4 Å². The molecular weight excluding hydrogens is 401 g/mol. The van der Waals surface area contributed by atoms with Crippen molar-refractivity contribution < 1.29 is 9.53 Å². The summed E-state index contributed by atoms with van der Waals surface area (Å²) < 4.78 is 7.63. The molecule has 1 fully saturated rings. The van der Waals surface area contributed by atoms with Gasteiger partial charge < -0.3 is 15.3 Å². The molecule has 1 saturated heterocycles. The summed E-state index contributed by atoms with van der Waals surface area (Å²) in [6.45, 7) is 1.63. The monoisotopic (exact) mass is 423 g/mol. The minimum Gasteiger partial charge on any atom is -0.457 e. The summed E-state index contributed by atoms with van der Waals surface area (Å²) in [4.78, 5) is 18.7. The number of primary amides is 1. The van der Waals surface area contributed by atoms with Crippen LogP contribution in [0.1, 0.15) is 34.8 Å². The van der Waals surface area contributed by atoms with E-state index in [1.807, 2.05) is 65.5 Å². The van der Waals surface area contributed by atoms with E-state index in [-0.39, 0.29) is 5.92 Å². The van der Waals surface area contributed by atoms with Gasteiger partial charge in [0.05, 0.1) is 0 Å². The van der Waals surface area contributed by atoms with Crippen LogP contribution in [0.15, 0.2) is 66.9 Å². The lowest BCUT2D eigenvalue weighted by atomic mass is 9.92. The fourth-order valence-corrected chi connectivity index (χ4v) is 4.20. The Morgan fingerprint density at radius 3 is 2.38 bits per heavy atom. The summed E-state index contributed by atoms with van der Waals surface area (Å²) in [6.07, 6.45) is 3.55. The van der Waals surface area contributed by atoms with E-state index < -0.39 is 5.91 Å². The number of benzene rings is 2. The first kappa shape index (κ1) is 20.3. The zero-order chi connectivity index (χ0) is 22.1. The standard InChI is InChI=1S/C24H22BN5O2/c25-29-14-11-16(12-15-29)20-10-13-27-24-21(23(26)31)22(28-30(20)24)17-6-8-19(9-7-17)32-18-4-2-1-3-5-18/h1-10,13,16H,11-12,14-15H2,(H2,26,31). The molecule has 2 radical (unpaired) electrons. The SMILES string of the molecule is [B]N1CCC(c2ccnc3c(C(N)=O)c(-c4ccc(Oc5ccccc5)cc4)nn23)CC1. The van der Waals surface area contributed by atoms with Crippen LogP contribution in [0.5, 0.6) is 11.5 Å². The molecule has 2 N–H and O–H groups in total. The second-order valence-corrected chi connectivity index (χ2v) is 7.94. The quantitative estimate of drug-likeness (QED) is 0.497. The van der Waals surface area contributed by atoms with Crippen LogP contribution in [-0.4, -0.2) is 46.4 Å². The molecule has 4 aromatic rings. The Kier molecular flexibility index (Phi) is 5.37. The third kappa shape index (κ3) is 3.85. The van der Waals surface area contributed by atoms with Crippen molar-refractivity contribution in [3.8, 4) is 22.8 Å². The molecule has 0 aliphatic carbocycles. The number of ether oxygens (including phenoxy) is 1. The molecule has 0 saturated carbocycles. The number of hydrogen-bond donors (Lipinski definition) is 1. The van der Waals surface area contributed by atoms with E-state index in [4.69, 9.17) is 23.6 Å². The van der Waals surface area contributed by atoms with Gasteiger partial charge in [-0.1, -0.05) is 18.2 Å². The number of nitrogens with two attached hydrogens (primary N) is 1. The maximum Gasteiger partial charge on any atom is 0.254 e. The number of rotatable bonds is 5. The van der Waals surface area contributed by atoms with Crippen molar-refractivity contribution >= 4 is 19.5 Å². The second-order valence-electron chi connectivity index (χ2n) is 7.94. The van der Waals surface area contributed by atoms with E-state index in [9.17, 15) is 4.79 Å². The predicted molar refractivity (Wildman–Crippen MR) is 123 cm³/mol. The van der Waals surface area contributed by atoms with Crippen LogP contribution >= 0.6 is 0 Å². The number of aromatic nitrogens is 3. The number of piperidine rings is 1. The third-order valence-corrected chi connectivity index (χ3v) is 5.85. The Morgan fingerprint density at radius 2 is 1.69 bits per heavy atom. The molecule has 2 aromatic carbocycles. The highest BCUT2D eigenvalue weighted by atomic mass is 16.5. The van der Waals surface area contributed by atoms with Gasteiger partial charge in [-0.25, -0.2) is 9.50 Å². The zero-order valence-corrected chi connectivity index (χ0v) is 17.5. The van der Waals surface area contributed by atoms with E-state index in [1.54, 1.807) is 10.7 Å². The van der Waals surface area contributed by atoms with Gasteiger partial charge in [-0.2, -0.15) is 5.10 Å². The van der Waals surface area contributed by atoms with Gasteiger partial charge in [0.15, 0.2) is 13.6 Å². The fraction of sp³-hybridized carbons (Fsp3) is 0.208. The lowest BCUT2D eigenvalue weighted by Crippen LogP contribution is -2.31. The average Bonchev–Trinajstić information content (AvgIpc) is 3.21. The molecule has 0 bridgehead atoms. The molecule has 1 aliphatic heterocycles. The Balaban J connectivity index is 1.53. The van der Waals surface area contributed by atoms with Gasteiger partial charge in [0.1, 0.15) is 22.8 Å². The molecule has 0 unspecified atom stereocenters. The molecule has 1 aliphatic rings. The Labute approximate surface area is 187 Å². The van der Waals surface area contributed by atoms with Crippen molar-refractivity contribution in [3.63, 3.8) is 0 Å². The number of nitrogens with zero attached hydrogens (tertiary/aromatic N) is 4. The summed E-state index contributed by atoms with van der Waals surface area (Å²) in [6, 6.07) is 19.0. The van der Waals surface area contributed by atoms with Crippen LogP contribution in [0.3, 0.4) is 0 Å². The molecule has 32 heavy (non-hydrogen) atoms.